The van der Waals surface area contributed by atoms with E-state index in [9.17, 15) is 4.79 Å². The van der Waals surface area contributed by atoms with Gasteiger partial charge in [-0.3, -0.25) is 14.8 Å². The number of aliphatic imine (C=N–C) groups is 2. The molecule has 3 rings (SSSR count). The van der Waals surface area contributed by atoms with Gasteiger partial charge in [0.2, 0.25) is 0 Å². The van der Waals surface area contributed by atoms with Crippen molar-refractivity contribution in [3.8, 4) is 0 Å². The van der Waals surface area contributed by atoms with Crippen molar-refractivity contribution in [2.24, 2.45) is 9.98 Å². The van der Waals surface area contributed by atoms with E-state index >= 15 is 0 Å². The molecule has 6 nitrogen and oxygen atoms in total. The summed E-state index contributed by atoms with van der Waals surface area (Å²) in [4.78, 5) is 24.5. The van der Waals surface area contributed by atoms with Crippen LogP contribution in [0.4, 0.5) is 22.7 Å². The molecule has 0 saturated carbocycles. The largest absolute Gasteiger partial charge is 0.378 e. The summed E-state index contributed by atoms with van der Waals surface area (Å²) in [6.07, 6.45) is 4.49. The Hall–Kier alpha value is -3.93. The van der Waals surface area contributed by atoms with Gasteiger partial charge in [-0.15, -0.1) is 0 Å². The van der Waals surface area contributed by atoms with Crippen LogP contribution in [0, 0.1) is 0 Å². The van der Waals surface area contributed by atoms with Gasteiger partial charge < -0.3 is 14.7 Å². The Morgan fingerprint density at radius 2 is 0.971 bits per heavy atom. The highest BCUT2D eigenvalue weighted by Gasteiger charge is 1.94. The van der Waals surface area contributed by atoms with Crippen LogP contribution in [0.15, 0.2) is 82.8 Å². The van der Waals surface area contributed by atoms with Crippen LogP contribution in [-0.2, 0) is 0 Å². The van der Waals surface area contributed by atoms with Crippen molar-refractivity contribution in [3.63, 3.8) is 0 Å². The molecule has 0 atom stereocenters. The molecule has 35 heavy (non-hydrogen) atoms. The number of aldehydes is 1. The lowest BCUT2D eigenvalue weighted by Crippen LogP contribution is -2.08. The Labute approximate surface area is 211 Å². The molecule has 0 aliphatic heterocycles. The van der Waals surface area contributed by atoms with Crippen molar-refractivity contribution in [1.82, 2.24) is 0 Å². The molecule has 0 amide bonds. The number of anilines is 3. The zero-order chi connectivity index (χ0) is 26.2. The Morgan fingerprint density at radius 1 is 0.600 bits per heavy atom. The molecule has 0 aliphatic carbocycles. The van der Waals surface area contributed by atoms with Crippen molar-refractivity contribution >= 4 is 41.5 Å². The van der Waals surface area contributed by atoms with Crippen molar-refractivity contribution in [3.05, 3.63) is 83.9 Å². The Morgan fingerprint density at radius 3 is 1.29 bits per heavy atom. The quantitative estimate of drug-likeness (QED) is 0.333. The predicted octanol–water partition coefficient (Wildman–Crippen LogP) is 5.84. The molecule has 6 heteroatoms. The molecule has 0 N–H and O–H groups in total. The monoisotopic (exact) mass is 473 g/mol. The van der Waals surface area contributed by atoms with Crippen LogP contribution in [0.2, 0.25) is 0 Å². The molecule has 0 aromatic heterocycles. The van der Waals surface area contributed by atoms with E-state index in [4.69, 9.17) is 0 Å². The number of hydrogen-bond donors (Lipinski definition) is 0. The maximum Gasteiger partial charge on any atom is 0.150 e. The van der Waals surface area contributed by atoms with Crippen LogP contribution in [-0.4, -0.2) is 68.0 Å². The van der Waals surface area contributed by atoms with Gasteiger partial charge in [-0.2, -0.15) is 0 Å². The van der Waals surface area contributed by atoms with Crippen molar-refractivity contribution in [2.75, 3.05) is 64.0 Å². The number of hydrogen-bond acceptors (Lipinski definition) is 6. The fraction of sp³-hybridized carbons (Fsp3) is 0.276. The lowest BCUT2D eigenvalue weighted by Gasteiger charge is -2.11. The highest BCUT2D eigenvalue weighted by Crippen LogP contribution is 2.17. The second-order valence-electron chi connectivity index (χ2n) is 8.28. The first-order chi connectivity index (χ1) is 16.7. The number of rotatable bonds is 6. The molecular formula is C29H39N5O. The highest BCUT2D eigenvalue weighted by atomic mass is 16.1. The summed E-state index contributed by atoms with van der Waals surface area (Å²) in [6, 6.07) is 23.9. The van der Waals surface area contributed by atoms with Crippen LogP contribution in [0.5, 0.6) is 0 Å². The van der Waals surface area contributed by atoms with Gasteiger partial charge >= 0.3 is 0 Å². The number of carbonyl (C=O) groups excluding carboxylic acids is 1. The molecule has 0 bridgehead atoms. The van der Waals surface area contributed by atoms with Crippen molar-refractivity contribution in [1.29, 1.82) is 0 Å². The average Bonchev–Trinajstić information content (AvgIpc) is 2.86. The fourth-order valence-corrected chi connectivity index (χ4v) is 2.84. The van der Waals surface area contributed by atoms with Crippen LogP contribution < -0.4 is 14.7 Å². The molecule has 3 aromatic carbocycles. The van der Waals surface area contributed by atoms with Gasteiger partial charge in [0.1, 0.15) is 6.29 Å². The second-order valence-corrected chi connectivity index (χ2v) is 8.28. The summed E-state index contributed by atoms with van der Waals surface area (Å²) in [7, 11) is 13.8. The summed E-state index contributed by atoms with van der Waals surface area (Å²) in [5, 5.41) is 0. The van der Waals surface area contributed by atoms with Crippen molar-refractivity contribution in [2.45, 2.75) is 6.92 Å². The van der Waals surface area contributed by atoms with E-state index in [0.717, 1.165) is 28.8 Å². The zero-order valence-corrected chi connectivity index (χ0v) is 22.3. The van der Waals surface area contributed by atoms with Crippen molar-refractivity contribution < 1.29 is 4.79 Å². The number of nitrogens with zero attached hydrogens (tertiary/aromatic N) is 5. The Balaban J connectivity index is 0.000000263. The topological polar surface area (TPSA) is 51.5 Å². The van der Waals surface area contributed by atoms with E-state index in [0.29, 0.717) is 0 Å². The number of benzene rings is 3. The third-order valence-electron chi connectivity index (χ3n) is 4.88. The first-order valence-corrected chi connectivity index (χ1v) is 11.4. The van der Waals surface area contributed by atoms with E-state index in [1.165, 1.54) is 11.4 Å². The lowest BCUT2D eigenvalue weighted by molar-refractivity contribution is 0.112. The Kier molecular flexibility index (Phi) is 13.2. The molecule has 3 aromatic rings. The third-order valence-corrected chi connectivity index (χ3v) is 4.88. The second kappa shape index (κ2) is 15.8. The minimum atomic E-state index is 0.718. The summed E-state index contributed by atoms with van der Waals surface area (Å²) in [6.45, 7) is 1.92. The molecule has 0 spiro atoms. The number of carbonyl (C=O) groups is 1. The minimum absolute atomic E-state index is 0.718. The molecule has 0 aliphatic rings. The van der Waals surface area contributed by atoms with E-state index in [2.05, 4.69) is 56.2 Å². The summed E-state index contributed by atoms with van der Waals surface area (Å²) < 4.78 is 0. The zero-order valence-electron chi connectivity index (χ0n) is 22.3. The van der Waals surface area contributed by atoms with E-state index in [-0.39, 0.29) is 0 Å². The first-order valence-electron chi connectivity index (χ1n) is 11.4. The van der Waals surface area contributed by atoms with Gasteiger partial charge in [-0.25, -0.2) is 0 Å². The van der Waals surface area contributed by atoms with Gasteiger partial charge in [-0.1, -0.05) is 12.1 Å². The van der Waals surface area contributed by atoms with E-state index < -0.39 is 0 Å². The smallest absolute Gasteiger partial charge is 0.150 e. The lowest BCUT2D eigenvalue weighted by atomic mass is 10.2. The van der Waals surface area contributed by atoms with Crippen LogP contribution in [0.25, 0.3) is 0 Å². The maximum atomic E-state index is 10.3. The normalized spacial score (nSPS) is 10.2. The first kappa shape index (κ1) is 29.1. The molecule has 0 saturated heterocycles. The van der Waals surface area contributed by atoms with Gasteiger partial charge in [0.15, 0.2) is 0 Å². The summed E-state index contributed by atoms with van der Waals surface area (Å²) >= 11 is 0. The van der Waals surface area contributed by atoms with E-state index in [1.54, 1.807) is 13.3 Å². The van der Waals surface area contributed by atoms with Gasteiger partial charge in [-0.05, 0) is 73.2 Å². The molecule has 0 fully saturated rings. The maximum absolute atomic E-state index is 10.3. The fourth-order valence-electron chi connectivity index (χ4n) is 2.84. The molecule has 0 heterocycles. The molecule has 186 valence electrons. The average molecular weight is 474 g/mol. The third kappa shape index (κ3) is 11.2. The SMILES string of the molecule is CC=Nc1ccc(N(C)C)cc1.CN(C)c1ccc(C=O)cc1.CN=Cc1ccc(N(C)C)cc1. The Bertz CT molecular complexity index is 976. The molecule has 0 unspecified atom stereocenters. The standard InChI is InChI=1S/2C10H14N2.C9H11NO/c1-11-8-9-4-6-10(7-5-9)12(2)3;1-4-11-9-5-7-10(8-6-9)12(2)3;1-10(2)9-5-3-8(7-11)4-6-9/h2*4-8H,1-3H3;3-7H,1-2H3. The molecule has 0 radical (unpaired) electrons. The van der Waals surface area contributed by atoms with Gasteiger partial charge in [0.25, 0.3) is 0 Å². The van der Waals surface area contributed by atoms with Crippen LogP contribution in [0.3, 0.4) is 0 Å². The predicted molar refractivity (Wildman–Crippen MR) is 155 cm³/mol. The highest BCUT2D eigenvalue weighted by molar-refractivity contribution is 5.80. The summed E-state index contributed by atoms with van der Waals surface area (Å²) in [5.74, 6) is 0. The summed E-state index contributed by atoms with van der Waals surface area (Å²) in [5.41, 5.74) is 6.38. The minimum Gasteiger partial charge on any atom is -0.378 e. The van der Waals surface area contributed by atoms with Gasteiger partial charge in [0, 0.05) is 84.4 Å². The van der Waals surface area contributed by atoms with Crippen LogP contribution >= 0.6 is 0 Å². The van der Waals surface area contributed by atoms with Crippen LogP contribution in [0.1, 0.15) is 22.8 Å². The van der Waals surface area contributed by atoms with E-state index in [1.807, 2.05) is 96.7 Å². The molecular weight excluding hydrogens is 434 g/mol. The van der Waals surface area contributed by atoms with Gasteiger partial charge in [0.05, 0.1) is 5.69 Å².